The van der Waals surface area contributed by atoms with E-state index in [9.17, 15) is 13.2 Å². The number of nitrogens with zero attached hydrogens (tertiary/aromatic N) is 1. The minimum absolute atomic E-state index is 0.0651. The molecule has 0 aliphatic carbocycles. The van der Waals surface area contributed by atoms with Crippen molar-refractivity contribution in [3.8, 4) is 0 Å². The fourth-order valence-electron chi connectivity index (χ4n) is 3.38. The van der Waals surface area contributed by atoms with E-state index in [2.05, 4.69) is 20.3 Å². The molecule has 3 rings (SSSR count). The van der Waals surface area contributed by atoms with Crippen LogP contribution in [-0.2, 0) is 19.6 Å². The second kappa shape index (κ2) is 7.73. The SMILES string of the molecule is COCC1(CNC(=O)CN=C2NS(=O)(=O)c3ccccc32)CCNCC1. The van der Waals surface area contributed by atoms with Crippen LogP contribution < -0.4 is 15.4 Å². The maximum Gasteiger partial charge on any atom is 0.263 e. The van der Waals surface area contributed by atoms with Crippen LogP contribution in [0, 0.1) is 5.41 Å². The lowest BCUT2D eigenvalue weighted by atomic mass is 9.79. The molecule has 26 heavy (non-hydrogen) atoms. The molecule has 3 N–H and O–H groups in total. The van der Waals surface area contributed by atoms with Crippen molar-refractivity contribution in [2.24, 2.45) is 10.4 Å². The first kappa shape index (κ1) is 18.8. The van der Waals surface area contributed by atoms with E-state index in [1.54, 1.807) is 25.3 Å². The first-order valence-electron chi connectivity index (χ1n) is 8.59. The Morgan fingerprint density at radius 3 is 2.77 bits per heavy atom. The third-order valence-electron chi connectivity index (χ3n) is 4.82. The highest BCUT2D eigenvalue weighted by atomic mass is 32.2. The summed E-state index contributed by atoms with van der Waals surface area (Å²) in [6.07, 6.45) is 1.87. The van der Waals surface area contributed by atoms with Crippen molar-refractivity contribution in [2.75, 3.05) is 39.9 Å². The largest absolute Gasteiger partial charge is 0.384 e. The minimum Gasteiger partial charge on any atom is -0.384 e. The number of methoxy groups -OCH3 is 1. The Morgan fingerprint density at radius 1 is 1.31 bits per heavy atom. The fraction of sp³-hybridized carbons (Fsp3) is 0.529. The highest BCUT2D eigenvalue weighted by Gasteiger charge is 2.33. The van der Waals surface area contributed by atoms with Crippen molar-refractivity contribution in [2.45, 2.75) is 17.7 Å². The van der Waals surface area contributed by atoms with Gasteiger partial charge in [-0.05, 0) is 38.1 Å². The van der Waals surface area contributed by atoms with E-state index in [0.29, 0.717) is 18.7 Å². The van der Waals surface area contributed by atoms with Gasteiger partial charge >= 0.3 is 0 Å². The van der Waals surface area contributed by atoms with Gasteiger partial charge in [-0.3, -0.25) is 14.5 Å². The Balaban J connectivity index is 1.62. The second-order valence-corrected chi connectivity index (χ2v) is 8.38. The van der Waals surface area contributed by atoms with Crippen molar-refractivity contribution in [3.63, 3.8) is 0 Å². The summed E-state index contributed by atoms with van der Waals surface area (Å²) < 4.78 is 31.8. The van der Waals surface area contributed by atoms with Gasteiger partial charge in [0.05, 0.1) is 11.5 Å². The zero-order valence-electron chi connectivity index (χ0n) is 14.7. The van der Waals surface area contributed by atoms with E-state index < -0.39 is 10.0 Å². The molecule has 1 fully saturated rings. The lowest BCUT2D eigenvalue weighted by Crippen LogP contribution is -2.47. The number of sulfonamides is 1. The van der Waals surface area contributed by atoms with Crippen molar-refractivity contribution >= 4 is 21.8 Å². The molecule has 0 unspecified atom stereocenters. The molecule has 2 aliphatic heterocycles. The maximum absolute atomic E-state index is 12.2. The molecule has 1 aromatic rings. The molecule has 142 valence electrons. The quantitative estimate of drug-likeness (QED) is 0.636. The number of nitrogens with one attached hydrogen (secondary N) is 3. The van der Waals surface area contributed by atoms with E-state index in [1.165, 1.54) is 6.07 Å². The summed E-state index contributed by atoms with van der Waals surface area (Å²) in [4.78, 5) is 16.6. The molecule has 1 amide bonds. The third kappa shape index (κ3) is 4.05. The Kier molecular flexibility index (Phi) is 5.59. The predicted molar refractivity (Wildman–Crippen MR) is 97.6 cm³/mol. The molecule has 0 radical (unpaired) electrons. The minimum atomic E-state index is -3.59. The molecule has 0 saturated carbocycles. The summed E-state index contributed by atoms with van der Waals surface area (Å²) in [5.41, 5.74) is 0.430. The number of ether oxygens (including phenoxy) is 1. The molecule has 0 aromatic heterocycles. The number of benzene rings is 1. The van der Waals surface area contributed by atoms with Crippen LogP contribution in [0.15, 0.2) is 34.2 Å². The number of piperidine rings is 1. The molecular formula is C17H24N4O4S. The standard InChI is InChI=1S/C17H24N4O4S/c1-25-12-17(6-8-18-9-7-17)11-20-15(22)10-19-16-13-4-2-3-5-14(13)26(23,24)21-16/h2-5,18H,6-12H2,1H3,(H,19,21)(H,20,22). The van der Waals surface area contributed by atoms with Crippen LogP contribution in [0.25, 0.3) is 0 Å². The molecule has 2 aliphatic rings. The van der Waals surface area contributed by atoms with Gasteiger partial charge in [-0.1, -0.05) is 12.1 Å². The van der Waals surface area contributed by atoms with Crippen LogP contribution in [0.1, 0.15) is 18.4 Å². The monoisotopic (exact) mass is 380 g/mol. The summed E-state index contributed by atoms with van der Waals surface area (Å²) >= 11 is 0. The molecule has 1 aromatic carbocycles. The summed E-state index contributed by atoms with van der Waals surface area (Å²) in [6, 6.07) is 6.59. The van der Waals surface area contributed by atoms with Gasteiger partial charge < -0.3 is 15.4 Å². The van der Waals surface area contributed by atoms with E-state index >= 15 is 0 Å². The number of fused-ring (bicyclic) bond motifs is 1. The molecule has 9 heteroatoms. The Hall–Kier alpha value is -1.97. The Labute approximate surface area is 153 Å². The van der Waals surface area contributed by atoms with Crippen molar-refractivity contribution in [3.05, 3.63) is 29.8 Å². The molecule has 1 saturated heterocycles. The van der Waals surface area contributed by atoms with Crippen molar-refractivity contribution in [1.29, 1.82) is 0 Å². The lowest BCUT2D eigenvalue weighted by Gasteiger charge is -2.37. The second-order valence-electron chi connectivity index (χ2n) is 6.73. The highest BCUT2D eigenvalue weighted by molar-refractivity contribution is 7.90. The summed E-state index contributed by atoms with van der Waals surface area (Å²) in [6.45, 7) is 2.79. The van der Waals surface area contributed by atoms with Crippen LogP contribution in [0.4, 0.5) is 0 Å². The fourth-order valence-corrected chi connectivity index (χ4v) is 4.63. The number of carbonyl (C=O) groups is 1. The normalized spacial score (nSPS) is 21.8. The van der Waals surface area contributed by atoms with Gasteiger partial charge in [0.1, 0.15) is 12.4 Å². The van der Waals surface area contributed by atoms with Gasteiger partial charge in [-0.2, -0.15) is 0 Å². The molecular weight excluding hydrogens is 356 g/mol. The number of amidine groups is 1. The van der Waals surface area contributed by atoms with Gasteiger partial charge in [-0.25, -0.2) is 8.42 Å². The van der Waals surface area contributed by atoms with E-state index in [4.69, 9.17) is 4.74 Å². The predicted octanol–water partition coefficient (Wildman–Crippen LogP) is -0.142. The molecule has 0 bridgehead atoms. The van der Waals surface area contributed by atoms with Crippen LogP contribution in [0.2, 0.25) is 0 Å². The third-order valence-corrected chi connectivity index (χ3v) is 6.22. The average molecular weight is 380 g/mol. The summed E-state index contributed by atoms with van der Waals surface area (Å²) in [5.74, 6) is -0.0284. The smallest absolute Gasteiger partial charge is 0.263 e. The van der Waals surface area contributed by atoms with E-state index in [1.807, 2.05) is 0 Å². The van der Waals surface area contributed by atoms with Crippen LogP contribution in [-0.4, -0.2) is 60.1 Å². The van der Waals surface area contributed by atoms with Crippen molar-refractivity contribution in [1.82, 2.24) is 15.4 Å². The summed E-state index contributed by atoms with van der Waals surface area (Å²) in [7, 11) is -1.92. The Bertz CT molecular complexity index is 795. The number of aliphatic imine (C=N–C) groups is 1. The maximum atomic E-state index is 12.2. The van der Waals surface area contributed by atoms with Crippen molar-refractivity contribution < 1.29 is 17.9 Å². The zero-order valence-corrected chi connectivity index (χ0v) is 15.6. The van der Waals surface area contributed by atoms with E-state index in [-0.39, 0.29) is 28.6 Å². The zero-order chi connectivity index (χ0) is 18.6. The van der Waals surface area contributed by atoms with Gasteiger partial charge in [0.2, 0.25) is 5.91 Å². The number of carbonyl (C=O) groups excluding carboxylic acids is 1. The van der Waals surface area contributed by atoms with Gasteiger partial charge in [0, 0.05) is 24.6 Å². The first-order valence-corrected chi connectivity index (χ1v) is 10.1. The van der Waals surface area contributed by atoms with Crippen LogP contribution in [0.5, 0.6) is 0 Å². The highest BCUT2D eigenvalue weighted by Crippen LogP contribution is 2.28. The number of hydrogen-bond acceptors (Lipinski definition) is 6. The van der Waals surface area contributed by atoms with Crippen LogP contribution in [0.3, 0.4) is 0 Å². The van der Waals surface area contributed by atoms with Crippen LogP contribution >= 0.6 is 0 Å². The first-order chi connectivity index (χ1) is 12.5. The van der Waals surface area contributed by atoms with Gasteiger partial charge in [0.25, 0.3) is 10.0 Å². The number of amides is 1. The number of hydrogen-bond donors (Lipinski definition) is 3. The topological polar surface area (TPSA) is 109 Å². The van der Waals surface area contributed by atoms with Gasteiger partial charge in [0.15, 0.2) is 0 Å². The molecule has 2 heterocycles. The van der Waals surface area contributed by atoms with E-state index in [0.717, 1.165) is 25.9 Å². The average Bonchev–Trinajstić information content (AvgIpc) is 2.90. The Morgan fingerprint density at radius 2 is 2.04 bits per heavy atom. The summed E-state index contributed by atoms with van der Waals surface area (Å²) in [5, 5.41) is 6.23. The molecule has 8 nitrogen and oxygen atoms in total. The molecule has 0 spiro atoms. The van der Waals surface area contributed by atoms with Gasteiger partial charge in [-0.15, -0.1) is 0 Å². The number of rotatable bonds is 6. The lowest BCUT2D eigenvalue weighted by molar-refractivity contribution is -0.120. The molecule has 0 atom stereocenters.